The lowest BCUT2D eigenvalue weighted by Crippen LogP contribution is -2.45. The van der Waals surface area contributed by atoms with Gasteiger partial charge in [0.25, 0.3) is 0 Å². The van der Waals surface area contributed by atoms with Crippen molar-refractivity contribution in [3.63, 3.8) is 0 Å². The van der Waals surface area contributed by atoms with E-state index in [1.54, 1.807) is 12.1 Å². The molecular formula is C30H33F6N3O4. The topological polar surface area (TPSA) is 75.1 Å². The molecule has 0 saturated carbocycles. The summed E-state index contributed by atoms with van der Waals surface area (Å²) in [6.45, 7) is 2.36. The zero-order chi connectivity index (χ0) is 30.8. The van der Waals surface area contributed by atoms with Gasteiger partial charge in [0.1, 0.15) is 0 Å². The van der Waals surface area contributed by atoms with Crippen molar-refractivity contribution in [2.24, 2.45) is 0 Å². The first-order valence-corrected chi connectivity index (χ1v) is 14.2. The fourth-order valence-corrected chi connectivity index (χ4v) is 5.98. The zero-order valence-corrected chi connectivity index (χ0v) is 23.4. The maximum atomic E-state index is 13.2. The first-order valence-electron chi connectivity index (χ1n) is 14.2. The second kappa shape index (κ2) is 12.7. The lowest BCUT2D eigenvalue weighted by Gasteiger charge is -2.37. The fourth-order valence-electron chi connectivity index (χ4n) is 5.98. The normalized spacial score (nSPS) is 18.8. The average molecular weight is 614 g/mol. The largest absolute Gasteiger partial charge is 0.454 e. The van der Waals surface area contributed by atoms with Crippen molar-refractivity contribution in [1.82, 2.24) is 9.80 Å². The Labute approximate surface area is 245 Å². The Bertz CT molecular complexity index is 1290. The lowest BCUT2D eigenvalue weighted by atomic mass is 9.90. The van der Waals surface area contributed by atoms with E-state index in [-0.39, 0.29) is 42.7 Å². The summed E-state index contributed by atoms with van der Waals surface area (Å²) in [4.78, 5) is 16.4. The molecule has 0 radical (unpaired) electrons. The lowest BCUT2D eigenvalue weighted by molar-refractivity contribution is -0.143. The predicted octanol–water partition coefficient (Wildman–Crippen LogP) is 6.25. The van der Waals surface area contributed by atoms with Crippen LogP contribution in [-0.2, 0) is 28.5 Å². The van der Waals surface area contributed by atoms with E-state index in [0.29, 0.717) is 43.0 Å². The number of rotatable bonds is 10. The van der Waals surface area contributed by atoms with Crippen LogP contribution in [-0.4, -0.2) is 67.0 Å². The highest BCUT2D eigenvalue weighted by Crippen LogP contribution is 2.38. The highest BCUT2D eigenvalue weighted by Gasteiger charge is 2.37. The Balaban J connectivity index is 1.23. The number of hydrogen-bond donors (Lipinski definition) is 1. The summed E-state index contributed by atoms with van der Waals surface area (Å²) in [5, 5.41) is 8.79. The number of ether oxygens (including phenoxy) is 3. The molecule has 3 aliphatic heterocycles. The summed E-state index contributed by atoms with van der Waals surface area (Å²) in [5.74, 6) is 0.902. The van der Waals surface area contributed by atoms with Crippen molar-refractivity contribution >= 4 is 11.6 Å². The summed E-state index contributed by atoms with van der Waals surface area (Å²) in [7, 11) is 0. The number of carbonyl (C=O) groups is 1. The van der Waals surface area contributed by atoms with Gasteiger partial charge >= 0.3 is 12.4 Å². The Hall–Kier alpha value is -3.32. The van der Waals surface area contributed by atoms with E-state index in [4.69, 9.17) is 19.6 Å². The number of nitrogens with zero attached hydrogens (tertiary/aromatic N) is 2. The summed E-state index contributed by atoms with van der Waals surface area (Å²) in [6, 6.07) is 6.94. The van der Waals surface area contributed by atoms with E-state index in [9.17, 15) is 31.1 Å². The third-order valence-electron chi connectivity index (χ3n) is 8.24. The monoisotopic (exact) mass is 613 g/mol. The van der Waals surface area contributed by atoms with Gasteiger partial charge in [-0.3, -0.25) is 4.79 Å². The Morgan fingerprint density at radius 1 is 0.953 bits per heavy atom. The molecule has 5 rings (SSSR count). The molecule has 3 heterocycles. The molecule has 0 bridgehead atoms. The number of likely N-dealkylation sites (tertiary alicyclic amines) is 2. The third kappa shape index (κ3) is 7.61. The molecule has 1 N–H and O–H groups in total. The van der Waals surface area contributed by atoms with Crippen LogP contribution < -0.4 is 9.47 Å². The molecule has 1 unspecified atom stereocenters. The molecule has 0 spiro atoms. The van der Waals surface area contributed by atoms with Crippen LogP contribution in [0.25, 0.3) is 0 Å². The van der Waals surface area contributed by atoms with Gasteiger partial charge in [-0.25, -0.2) is 0 Å². The standard InChI is InChI=1S/C30H33F6N3O4/c31-29(32,33)21-12-19(13-22(15-21)30(34,35)36)16-41-17-25(37)24(20-3-4-26-27(14-20)43-18-42-26)7-11-38-9-5-23(6-10-38)39-8-1-2-28(39)40/h3-4,12-15,23-24,37H,1-2,5-11,16-18H2. The minimum Gasteiger partial charge on any atom is -0.454 e. The molecule has 13 heteroatoms. The average Bonchev–Trinajstić information content (AvgIpc) is 3.61. The van der Waals surface area contributed by atoms with Crippen molar-refractivity contribution in [1.29, 1.82) is 5.41 Å². The van der Waals surface area contributed by atoms with Crippen LogP contribution >= 0.6 is 0 Å². The van der Waals surface area contributed by atoms with E-state index in [1.807, 2.05) is 11.0 Å². The van der Waals surface area contributed by atoms with E-state index in [2.05, 4.69) is 4.90 Å². The molecule has 1 atom stereocenters. The number of alkyl halides is 6. The van der Waals surface area contributed by atoms with Gasteiger partial charge in [-0.1, -0.05) is 6.07 Å². The van der Waals surface area contributed by atoms with Crippen molar-refractivity contribution < 1.29 is 45.3 Å². The molecule has 3 aliphatic rings. The number of benzene rings is 2. The summed E-state index contributed by atoms with van der Waals surface area (Å²) >= 11 is 0. The smallest absolute Gasteiger partial charge is 0.416 e. The van der Waals surface area contributed by atoms with Crippen molar-refractivity contribution in [2.45, 2.75) is 63.0 Å². The SMILES string of the molecule is N=C(COCc1cc(C(F)(F)F)cc(C(F)(F)F)c1)C(CCN1CCC(N2CCCC2=O)CC1)c1ccc2c(c1)OCO2. The van der Waals surface area contributed by atoms with Gasteiger partial charge in [0, 0.05) is 43.7 Å². The molecule has 1 amide bonds. The maximum absolute atomic E-state index is 13.2. The van der Waals surface area contributed by atoms with Gasteiger partial charge in [0.05, 0.1) is 24.3 Å². The number of piperidine rings is 1. The van der Waals surface area contributed by atoms with Gasteiger partial charge in [0.15, 0.2) is 11.5 Å². The third-order valence-corrected chi connectivity index (χ3v) is 8.24. The Kier molecular flexibility index (Phi) is 9.21. The molecule has 2 fully saturated rings. The maximum Gasteiger partial charge on any atom is 0.416 e. The number of nitrogens with one attached hydrogen (secondary N) is 1. The predicted molar refractivity (Wildman–Crippen MR) is 144 cm³/mol. The minimum atomic E-state index is -4.95. The van der Waals surface area contributed by atoms with Crippen LogP contribution in [0.4, 0.5) is 26.3 Å². The Morgan fingerprint density at radius 3 is 2.26 bits per heavy atom. The molecular weight excluding hydrogens is 580 g/mol. The van der Waals surface area contributed by atoms with Crippen LogP contribution in [0, 0.1) is 5.41 Å². The van der Waals surface area contributed by atoms with Crippen LogP contribution in [0.15, 0.2) is 36.4 Å². The highest BCUT2D eigenvalue weighted by atomic mass is 19.4. The number of fused-ring (bicyclic) bond motifs is 1. The number of amides is 1. The van der Waals surface area contributed by atoms with Crippen molar-refractivity contribution in [3.05, 3.63) is 58.7 Å². The van der Waals surface area contributed by atoms with Gasteiger partial charge < -0.3 is 29.4 Å². The van der Waals surface area contributed by atoms with E-state index in [0.717, 1.165) is 44.5 Å². The first kappa shape index (κ1) is 31.1. The summed E-state index contributed by atoms with van der Waals surface area (Å²) < 4.78 is 95.9. The number of halogens is 6. The molecule has 0 aliphatic carbocycles. The van der Waals surface area contributed by atoms with Gasteiger partial charge in [-0.2, -0.15) is 26.3 Å². The zero-order valence-electron chi connectivity index (χ0n) is 23.4. The van der Waals surface area contributed by atoms with Crippen molar-refractivity contribution in [3.8, 4) is 11.5 Å². The Morgan fingerprint density at radius 2 is 1.63 bits per heavy atom. The number of hydrogen-bond acceptors (Lipinski definition) is 6. The van der Waals surface area contributed by atoms with Crippen LogP contribution in [0.5, 0.6) is 11.5 Å². The summed E-state index contributed by atoms with van der Waals surface area (Å²) in [6.07, 6.45) is -6.11. The summed E-state index contributed by atoms with van der Waals surface area (Å²) in [5.41, 5.74) is -2.19. The second-order valence-electron chi connectivity index (χ2n) is 11.1. The van der Waals surface area contributed by atoms with Crippen LogP contribution in [0.2, 0.25) is 0 Å². The van der Waals surface area contributed by atoms with Crippen LogP contribution in [0.1, 0.15) is 60.3 Å². The van der Waals surface area contributed by atoms with Gasteiger partial charge in [-0.05, 0) is 73.7 Å². The quantitative estimate of drug-likeness (QED) is 0.253. The number of carbonyl (C=O) groups excluding carboxylic acids is 1. The van der Waals surface area contributed by atoms with E-state index >= 15 is 0 Å². The van der Waals surface area contributed by atoms with Crippen molar-refractivity contribution in [2.75, 3.05) is 39.6 Å². The molecule has 2 aromatic carbocycles. The molecule has 2 saturated heterocycles. The fraction of sp³-hybridized carbons (Fsp3) is 0.533. The van der Waals surface area contributed by atoms with Crippen LogP contribution in [0.3, 0.4) is 0 Å². The first-order chi connectivity index (χ1) is 20.4. The molecule has 2 aromatic rings. The van der Waals surface area contributed by atoms with Gasteiger partial charge in [0.2, 0.25) is 12.7 Å². The van der Waals surface area contributed by atoms with E-state index in [1.165, 1.54) is 0 Å². The molecule has 234 valence electrons. The van der Waals surface area contributed by atoms with E-state index < -0.39 is 36.0 Å². The molecule has 7 nitrogen and oxygen atoms in total. The minimum absolute atomic E-state index is 0.0764. The highest BCUT2D eigenvalue weighted by molar-refractivity contribution is 5.89. The second-order valence-corrected chi connectivity index (χ2v) is 11.1. The van der Waals surface area contributed by atoms with Gasteiger partial charge in [-0.15, -0.1) is 0 Å². The molecule has 43 heavy (non-hydrogen) atoms. The molecule has 0 aromatic heterocycles.